The second-order valence-corrected chi connectivity index (χ2v) is 6.39. The Morgan fingerprint density at radius 1 is 1.23 bits per heavy atom. The highest BCUT2D eigenvalue weighted by atomic mass is 16.5. The number of amides is 2. The normalized spacial score (nSPS) is 19.0. The molecule has 0 bridgehead atoms. The van der Waals surface area contributed by atoms with Crippen LogP contribution in [-0.4, -0.2) is 65.1 Å². The standard InChI is InChI=1S/C18H20N4O4/c1-25-15-7-12-3-5-22-14(13(12)8-16(15)26-2)9-21(10-17(22)23)18(24)20-6-4-19-11-20/h4,6-8,11,14H,3,5,9-10H2,1-2H3/t14-/m0/s1. The monoisotopic (exact) mass is 356 g/mol. The van der Waals surface area contributed by atoms with Crippen molar-refractivity contribution in [2.24, 2.45) is 0 Å². The number of rotatable bonds is 2. The maximum absolute atomic E-state index is 12.7. The first-order valence-electron chi connectivity index (χ1n) is 8.44. The Kier molecular flexibility index (Phi) is 4.02. The number of fused-ring (bicyclic) bond motifs is 3. The number of methoxy groups -OCH3 is 2. The lowest BCUT2D eigenvalue weighted by Crippen LogP contribution is -2.56. The minimum absolute atomic E-state index is 0.0462. The molecule has 26 heavy (non-hydrogen) atoms. The van der Waals surface area contributed by atoms with Crippen molar-refractivity contribution in [1.82, 2.24) is 19.4 Å². The molecular weight excluding hydrogens is 336 g/mol. The molecule has 1 aromatic carbocycles. The number of aromatic nitrogens is 2. The van der Waals surface area contributed by atoms with Crippen molar-refractivity contribution in [2.45, 2.75) is 12.5 Å². The van der Waals surface area contributed by atoms with Crippen molar-refractivity contribution in [3.8, 4) is 11.5 Å². The summed E-state index contributed by atoms with van der Waals surface area (Å²) in [6.45, 7) is 1.15. The lowest BCUT2D eigenvalue weighted by molar-refractivity contribution is -0.139. The molecule has 2 amide bonds. The number of piperazine rings is 1. The van der Waals surface area contributed by atoms with E-state index in [4.69, 9.17) is 9.47 Å². The van der Waals surface area contributed by atoms with Gasteiger partial charge in [-0.15, -0.1) is 0 Å². The summed E-state index contributed by atoms with van der Waals surface area (Å²) in [4.78, 5) is 32.6. The highest BCUT2D eigenvalue weighted by molar-refractivity contribution is 5.87. The van der Waals surface area contributed by atoms with Gasteiger partial charge in [0.25, 0.3) is 0 Å². The zero-order chi connectivity index (χ0) is 18.3. The number of hydrogen-bond donors (Lipinski definition) is 0. The number of carbonyl (C=O) groups excluding carboxylic acids is 2. The van der Waals surface area contributed by atoms with Crippen molar-refractivity contribution in [2.75, 3.05) is 33.9 Å². The van der Waals surface area contributed by atoms with Gasteiger partial charge in [-0.05, 0) is 29.7 Å². The Morgan fingerprint density at radius 2 is 2.00 bits per heavy atom. The van der Waals surface area contributed by atoms with E-state index >= 15 is 0 Å². The van der Waals surface area contributed by atoms with Crippen LogP contribution in [0.4, 0.5) is 4.79 Å². The molecule has 1 fully saturated rings. The zero-order valence-corrected chi connectivity index (χ0v) is 14.7. The number of carbonyl (C=O) groups is 2. The second kappa shape index (κ2) is 6.36. The van der Waals surface area contributed by atoms with Crippen LogP contribution >= 0.6 is 0 Å². The Balaban J connectivity index is 1.69. The highest BCUT2D eigenvalue weighted by Gasteiger charge is 2.39. The van der Waals surface area contributed by atoms with E-state index in [1.807, 2.05) is 17.0 Å². The average Bonchev–Trinajstić information content (AvgIpc) is 3.20. The molecule has 8 heteroatoms. The number of ether oxygens (including phenoxy) is 2. The summed E-state index contributed by atoms with van der Waals surface area (Å²) in [6.07, 6.45) is 5.33. The summed E-state index contributed by atoms with van der Waals surface area (Å²) in [7, 11) is 3.20. The van der Waals surface area contributed by atoms with E-state index in [0.29, 0.717) is 24.6 Å². The topological polar surface area (TPSA) is 76.9 Å². The van der Waals surface area contributed by atoms with Crippen molar-refractivity contribution in [3.05, 3.63) is 42.0 Å². The third-order valence-corrected chi connectivity index (χ3v) is 5.04. The zero-order valence-electron chi connectivity index (χ0n) is 14.7. The first-order valence-corrected chi connectivity index (χ1v) is 8.44. The molecule has 2 aromatic rings. The van der Waals surface area contributed by atoms with Crippen LogP contribution in [0, 0.1) is 0 Å². The lowest BCUT2D eigenvalue weighted by Gasteiger charge is -2.44. The quantitative estimate of drug-likeness (QED) is 0.811. The van der Waals surface area contributed by atoms with Gasteiger partial charge in [0.1, 0.15) is 12.9 Å². The van der Waals surface area contributed by atoms with Crippen LogP contribution in [0.5, 0.6) is 11.5 Å². The fraction of sp³-hybridized carbons (Fsp3) is 0.389. The van der Waals surface area contributed by atoms with E-state index < -0.39 is 0 Å². The van der Waals surface area contributed by atoms with Gasteiger partial charge in [-0.3, -0.25) is 9.36 Å². The van der Waals surface area contributed by atoms with Gasteiger partial charge in [-0.2, -0.15) is 0 Å². The summed E-state index contributed by atoms with van der Waals surface area (Å²) >= 11 is 0. The minimum Gasteiger partial charge on any atom is -0.493 e. The molecule has 0 saturated carbocycles. The van der Waals surface area contributed by atoms with Crippen LogP contribution < -0.4 is 9.47 Å². The predicted molar refractivity (Wildman–Crippen MR) is 92.3 cm³/mol. The van der Waals surface area contributed by atoms with Gasteiger partial charge >= 0.3 is 6.03 Å². The Labute approximate surface area is 150 Å². The molecule has 2 aliphatic rings. The number of imidazole rings is 1. The second-order valence-electron chi connectivity index (χ2n) is 6.39. The van der Waals surface area contributed by atoms with Gasteiger partial charge in [0.15, 0.2) is 11.5 Å². The van der Waals surface area contributed by atoms with E-state index in [9.17, 15) is 9.59 Å². The first-order chi connectivity index (χ1) is 12.6. The molecule has 0 radical (unpaired) electrons. The lowest BCUT2D eigenvalue weighted by atomic mass is 9.90. The van der Waals surface area contributed by atoms with Crippen molar-refractivity contribution in [1.29, 1.82) is 0 Å². The third-order valence-electron chi connectivity index (χ3n) is 5.04. The van der Waals surface area contributed by atoms with E-state index in [2.05, 4.69) is 4.98 Å². The van der Waals surface area contributed by atoms with E-state index in [1.165, 1.54) is 10.9 Å². The smallest absolute Gasteiger partial charge is 0.329 e. The maximum Gasteiger partial charge on any atom is 0.329 e. The van der Waals surface area contributed by atoms with Crippen LogP contribution in [0.3, 0.4) is 0 Å². The Bertz CT molecular complexity index is 849. The molecule has 0 N–H and O–H groups in total. The number of benzene rings is 1. The summed E-state index contributed by atoms with van der Waals surface area (Å²) in [5.41, 5.74) is 2.12. The van der Waals surface area contributed by atoms with E-state index in [-0.39, 0.29) is 24.5 Å². The molecule has 1 saturated heterocycles. The molecule has 0 aliphatic carbocycles. The fourth-order valence-electron chi connectivity index (χ4n) is 3.73. The van der Waals surface area contributed by atoms with Gasteiger partial charge in [0.2, 0.25) is 5.91 Å². The SMILES string of the molecule is COc1cc2c(cc1OC)[C@@H]1CN(C(=O)n3ccnc3)CC(=O)N1CC2. The van der Waals surface area contributed by atoms with E-state index in [0.717, 1.165) is 17.5 Å². The molecule has 0 unspecified atom stereocenters. The molecular formula is C18H20N4O4. The van der Waals surface area contributed by atoms with Crippen LogP contribution in [0.15, 0.2) is 30.9 Å². The summed E-state index contributed by atoms with van der Waals surface area (Å²) in [5, 5.41) is 0. The molecule has 8 nitrogen and oxygen atoms in total. The van der Waals surface area contributed by atoms with Gasteiger partial charge in [0, 0.05) is 25.5 Å². The van der Waals surface area contributed by atoms with Crippen molar-refractivity contribution in [3.63, 3.8) is 0 Å². The van der Waals surface area contributed by atoms with Crippen molar-refractivity contribution < 1.29 is 19.1 Å². The molecule has 2 aliphatic heterocycles. The van der Waals surface area contributed by atoms with Gasteiger partial charge < -0.3 is 19.3 Å². The third kappa shape index (κ3) is 2.58. The molecule has 4 rings (SSSR count). The number of nitrogens with zero attached hydrogens (tertiary/aromatic N) is 4. The fourth-order valence-corrected chi connectivity index (χ4v) is 3.73. The number of hydrogen-bond acceptors (Lipinski definition) is 5. The Morgan fingerprint density at radius 3 is 2.69 bits per heavy atom. The largest absolute Gasteiger partial charge is 0.493 e. The molecule has 0 spiro atoms. The van der Waals surface area contributed by atoms with Crippen LogP contribution in [-0.2, 0) is 11.2 Å². The summed E-state index contributed by atoms with van der Waals surface area (Å²) < 4.78 is 12.2. The molecule has 1 atom stereocenters. The van der Waals surface area contributed by atoms with Crippen molar-refractivity contribution >= 4 is 11.9 Å². The Hall–Kier alpha value is -3.03. The van der Waals surface area contributed by atoms with Crippen LogP contribution in [0.1, 0.15) is 17.2 Å². The molecule has 136 valence electrons. The van der Waals surface area contributed by atoms with Gasteiger partial charge in [-0.25, -0.2) is 9.78 Å². The van der Waals surface area contributed by atoms with Crippen LogP contribution in [0.25, 0.3) is 0 Å². The van der Waals surface area contributed by atoms with E-state index in [1.54, 1.807) is 31.5 Å². The summed E-state index contributed by atoms with van der Waals surface area (Å²) in [5.74, 6) is 1.25. The molecule has 1 aromatic heterocycles. The predicted octanol–water partition coefficient (Wildman–Crippen LogP) is 1.31. The average molecular weight is 356 g/mol. The first kappa shape index (κ1) is 16.4. The van der Waals surface area contributed by atoms with Crippen LogP contribution in [0.2, 0.25) is 0 Å². The van der Waals surface area contributed by atoms with Gasteiger partial charge in [0.05, 0.1) is 20.3 Å². The van der Waals surface area contributed by atoms with Gasteiger partial charge in [-0.1, -0.05) is 0 Å². The maximum atomic E-state index is 12.7. The molecule has 3 heterocycles. The highest BCUT2D eigenvalue weighted by Crippen LogP contribution is 2.39. The minimum atomic E-state index is -0.247. The summed E-state index contributed by atoms with van der Waals surface area (Å²) in [6, 6.07) is 3.45.